The van der Waals surface area contributed by atoms with E-state index < -0.39 is 0 Å². The molecule has 1 saturated heterocycles. The van der Waals surface area contributed by atoms with Crippen molar-refractivity contribution in [1.82, 2.24) is 25.1 Å². The predicted molar refractivity (Wildman–Crippen MR) is 119 cm³/mol. The number of benzene rings is 2. The van der Waals surface area contributed by atoms with Crippen molar-refractivity contribution in [3.05, 3.63) is 89.0 Å². The van der Waals surface area contributed by atoms with Crippen LogP contribution in [0.25, 0.3) is 11.0 Å². The summed E-state index contributed by atoms with van der Waals surface area (Å²) in [6.07, 6.45) is 5.32. The fraction of sp³-hybridized carbons (Fsp3) is 0.320. The smallest absolute Gasteiger partial charge is 0.0890 e. The monoisotopic (exact) mass is 397 g/mol. The number of nitrogens with one attached hydrogen (secondary N) is 1. The number of para-hydroxylation sites is 2. The lowest BCUT2D eigenvalue weighted by molar-refractivity contribution is 0.195. The standard InChI is InChI=1S/C25H27N5/c1-18-24(28-23-12-6-5-11-22(23)27-18)17-30-13-7-10-20(16-30)25-21(15-26-29-25)14-19-8-3-2-4-9-19/h2-6,8-9,11-12,15,20H,7,10,13-14,16-17H2,1H3,(H,26,29)/t20-/m0/s1. The van der Waals surface area contributed by atoms with Crippen molar-refractivity contribution >= 4 is 11.0 Å². The highest BCUT2D eigenvalue weighted by Gasteiger charge is 2.25. The minimum Gasteiger partial charge on any atom is -0.297 e. The van der Waals surface area contributed by atoms with Gasteiger partial charge in [-0.25, -0.2) is 9.97 Å². The highest BCUT2D eigenvalue weighted by Crippen LogP contribution is 2.30. The molecule has 152 valence electrons. The second-order valence-corrected chi connectivity index (χ2v) is 8.29. The molecule has 0 radical (unpaired) electrons. The predicted octanol–water partition coefficient (Wildman–Crippen LogP) is 4.63. The molecule has 4 aromatic rings. The molecule has 1 aliphatic heterocycles. The first-order valence-electron chi connectivity index (χ1n) is 10.8. The molecular formula is C25H27N5. The van der Waals surface area contributed by atoms with Crippen LogP contribution in [-0.4, -0.2) is 38.2 Å². The van der Waals surface area contributed by atoms with E-state index in [1.165, 1.54) is 29.7 Å². The first-order valence-corrected chi connectivity index (χ1v) is 10.8. The Labute approximate surface area is 177 Å². The highest BCUT2D eigenvalue weighted by molar-refractivity contribution is 5.74. The number of hydrogen-bond acceptors (Lipinski definition) is 4. The summed E-state index contributed by atoms with van der Waals surface area (Å²) in [4.78, 5) is 12.2. The summed E-state index contributed by atoms with van der Waals surface area (Å²) < 4.78 is 0. The maximum atomic E-state index is 4.91. The molecule has 30 heavy (non-hydrogen) atoms. The van der Waals surface area contributed by atoms with Crippen molar-refractivity contribution in [3.8, 4) is 0 Å². The topological polar surface area (TPSA) is 57.7 Å². The van der Waals surface area contributed by atoms with Gasteiger partial charge < -0.3 is 0 Å². The van der Waals surface area contributed by atoms with Gasteiger partial charge in [-0.3, -0.25) is 10.00 Å². The lowest BCUT2D eigenvalue weighted by Crippen LogP contribution is -2.35. The number of rotatable bonds is 5. The lowest BCUT2D eigenvalue weighted by atomic mass is 9.90. The van der Waals surface area contributed by atoms with Crippen LogP contribution in [0.3, 0.4) is 0 Å². The van der Waals surface area contributed by atoms with E-state index in [9.17, 15) is 0 Å². The molecule has 0 bridgehead atoms. The van der Waals surface area contributed by atoms with Crippen molar-refractivity contribution in [2.24, 2.45) is 0 Å². The lowest BCUT2D eigenvalue weighted by Gasteiger charge is -2.32. The molecule has 3 heterocycles. The molecule has 1 N–H and O–H groups in total. The number of fused-ring (bicyclic) bond motifs is 1. The van der Waals surface area contributed by atoms with Crippen LogP contribution in [0.1, 0.15) is 47.0 Å². The fourth-order valence-electron chi connectivity index (χ4n) is 4.55. The van der Waals surface area contributed by atoms with Crippen LogP contribution in [0, 0.1) is 6.92 Å². The molecule has 1 aliphatic rings. The van der Waals surface area contributed by atoms with Gasteiger partial charge in [-0.15, -0.1) is 0 Å². The van der Waals surface area contributed by atoms with E-state index in [-0.39, 0.29) is 0 Å². The summed E-state index contributed by atoms with van der Waals surface area (Å²) in [5.41, 5.74) is 8.00. The van der Waals surface area contributed by atoms with Crippen molar-refractivity contribution in [2.45, 2.75) is 38.6 Å². The van der Waals surface area contributed by atoms with E-state index in [0.29, 0.717) is 5.92 Å². The molecule has 2 aromatic carbocycles. The van der Waals surface area contributed by atoms with Crippen LogP contribution in [-0.2, 0) is 13.0 Å². The molecule has 5 heteroatoms. The number of aryl methyl sites for hydroxylation is 1. The quantitative estimate of drug-likeness (QED) is 0.533. The SMILES string of the molecule is Cc1nc2ccccc2nc1CN1CCC[C@H](c2[nH]ncc2Cc2ccccc2)C1. The number of aromatic nitrogens is 4. The summed E-state index contributed by atoms with van der Waals surface area (Å²) in [5, 5.41) is 7.70. The first-order chi connectivity index (χ1) is 14.8. The van der Waals surface area contributed by atoms with Crippen molar-refractivity contribution in [1.29, 1.82) is 0 Å². The van der Waals surface area contributed by atoms with Gasteiger partial charge in [0, 0.05) is 31.1 Å². The minimum atomic E-state index is 0.480. The maximum absolute atomic E-state index is 4.91. The number of piperidine rings is 1. The average Bonchev–Trinajstić information content (AvgIpc) is 3.23. The van der Waals surface area contributed by atoms with Gasteiger partial charge in [0.1, 0.15) is 0 Å². The number of likely N-dealkylation sites (tertiary alicyclic amines) is 1. The number of aromatic amines is 1. The molecule has 0 amide bonds. The summed E-state index contributed by atoms with van der Waals surface area (Å²) in [6, 6.07) is 18.8. The average molecular weight is 398 g/mol. The minimum absolute atomic E-state index is 0.480. The Bertz CT molecular complexity index is 1130. The highest BCUT2D eigenvalue weighted by atomic mass is 15.2. The summed E-state index contributed by atoms with van der Waals surface area (Å²) in [5.74, 6) is 0.480. The molecular weight excluding hydrogens is 370 g/mol. The Kier molecular flexibility index (Phi) is 5.28. The van der Waals surface area contributed by atoms with Crippen molar-refractivity contribution < 1.29 is 0 Å². The fourth-order valence-corrected chi connectivity index (χ4v) is 4.55. The zero-order valence-electron chi connectivity index (χ0n) is 17.4. The second kappa shape index (κ2) is 8.36. The van der Waals surface area contributed by atoms with Crippen LogP contribution in [0.5, 0.6) is 0 Å². The Morgan fingerprint density at radius 1 is 1.00 bits per heavy atom. The van der Waals surface area contributed by atoms with Crippen LogP contribution >= 0.6 is 0 Å². The molecule has 0 saturated carbocycles. The van der Waals surface area contributed by atoms with Gasteiger partial charge in [-0.1, -0.05) is 42.5 Å². The maximum Gasteiger partial charge on any atom is 0.0890 e. The van der Waals surface area contributed by atoms with Gasteiger partial charge >= 0.3 is 0 Å². The third kappa shape index (κ3) is 3.98. The molecule has 1 fully saturated rings. The van der Waals surface area contributed by atoms with E-state index in [1.807, 2.05) is 30.5 Å². The van der Waals surface area contributed by atoms with Crippen LogP contribution in [0.2, 0.25) is 0 Å². The van der Waals surface area contributed by atoms with E-state index in [2.05, 4.69) is 52.4 Å². The summed E-state index contributed by atoms with van der Waals surface area (Å²) in [7, 11) is 0. The third-order valence-electron chi connectivity index (χ3n) is 6.12. The summed E-state index contributed by atoms with van der Waals surface area (Å²) >= 11 is 0. The van der Waals surface area contributed by atoms with E-state index in [0.717, 1.165) is 48.5 Å². The van der Waals surface area contributed by atoms with E-state index in [4.69, 9.17) is 9.97 Å². The summed E-state index contributed by atoms with van der Waals surface area (Å²) in [6.45, 7) is 5.05. The largest absolute Gasteiger partial charge is 0.297 e. The molecule has 0 aliphatic carbocycles. The van der Waals surface area contributed by atoms with E-state index >= 15 is 0 Å². The van der Waals surface area contributed by atoms with Gasteiger partial charge in [-0.2, -0.15) is 5.10 Å². The van der Waals surface area contributed by atoms with Crippen molar-refractivity contribution in [3.63, 3.8) is 0 Å². The van der Waals surface area contributed by atoms with Crippen molar-refractivity contribution in [2.75, 3.05) is 13.1 Å². The van der Waals surface area contributed by atoms with Gasteiger partial charge in [0.15, 0.2) is 0 Å². The molecule has 0 spiro atoms. The Morgan fingerprint density at radius 2 is 1.77 bits per heavy atom. The second-order valence-electron chi connectivity index (χ2n) is 8.29. The molecule has 0 unspecified atom stereocenters. The Balaban J connectivity index is 1.32. The van der Waals surface area contributed by atoms with Crippen LogP contribution in [0.15, 0.2) is 60.8 Å². The number of nitrogens with zero attached hydrogens (tertiary/aromatic N) is 4. The van der Waals surface area contributed by atoms with Gasteiger partial charge in [-0.05, 0) is 49.6 Å². The first kappa shape index (κ1) is 18.9. The van der Waals surface area contributed by atoms with Crippen LogP contribution < -0.4 is 0 Å². The number of H-pyrrole nitrogens is 1. The molecule has 5 rings (SSSR count). The third-order valence-corrected chi connectivity index (χ3v) is 6.12. The number of hydrogen-bond donors (Lipinski definition) is 1. The van der Waals surface area contributed by atoms with Gasteiger partial charge in [0.2, 0.25) is 0 Å². The Hall–Kier alpha value is -3.05. The van der Waals surface area contributed by atoms with E-state index in [1.54, 1.807) is 0 Å². The normalized spacial score (nSPS) is 17.4. The molecule has 5 nitrogen and oxygen atoms in total. The Morgan fingerprint density at radius 3 is 2.60 bits per heavy atom. The van der Waals surface area contributed by atoms with Crippen LogP contribution in [0.4, 0.5) is 0 Å². The zero-order chi connectivity index (χ0) is 20.3. The molecule has 1 atom stereocenters. The van der Waals surface area contributed by atoms with Gasteiger partial charge in [0.05, 0.1) is 28.6 Å². The van der Waals surface area contributed by atoms with Gasteiger partial charge in [0.25, 0.3) is 0 Å². The zero-order valence-corrected chi connectivity index (χ0v) is 17.4. The molecule has 2 aromatic heterocycles.